The first-order valence-corrected chi connectivity index (χ1v) is 8.09. The Morgan fingerprint density at radius 2 is 1.42 bits per heavy atom. The summed E-state index contributed by atoms with van der Waals surface area (Å²) in [6, 6.07) is -1.81. The average molecular weight is 379 g/mol. The number of amides is 5. The molecule has 0 fully saturated rings. The summed E-state index contributed by atoms with van der Waals surface area (Å²) in [6.45, 7) is 0.467. The van der Waals surface area contributed by atoms with Crippen LogP contribution in [0.1, 0.15) is 6.92 Å². The molecule has 0 spiro atoms. The fourth-order valence-corrected chi connectivity index (χ4v) is 1.95. The van der Waals surface area contributed by atoms with Gasteiger partial charge in [0.15, 0.2) is 0 Å². The molecule has 0 rings (SSSR count). The van der Waals surface area contributed by atoms with Crippen LogP contribution >= 0.6 is 25.3 Å². The Morgan fingerprint density at radius 1 is 0.875 bits per heavy atom. The second kappa shape index (κ2) is 11.6. The van der Waals surface area contributed by atoms with Crippen LogP contribution in [0.15, 0.2) is 0 Å². The van der Waals surface area contributed by atoms with Gasteiger partial charge in [0.2, 0.25) is 29.5 Å². The van der Waals surface area contributed by atoms with Crippen molar-refractivity contribution in [2.45, 2.75) is 19.0 Å². The second-order valence-corrected chi connectivity index (χ2v) is 5.37. The molecule has 24 heavy (non-hydrogen) atoms. The molecule has 0 unspecified atom stereocenters. The van der Waals surface area contributed by atoms with Crippen LogP contribution in [-0.2, 0) is 24.0 Å². The molecule has 10 nitrogen and oxygen atoms in total. The maximum atomic E-state index is 11.7. The topological polar surface area (TPSA) is 159 Å². The van der Waals surface area contributed by atoms with E-state index < -0.39 is 48.2 Å². The van der Waals surface area contributed by atoms with Crippen LogP contribution in [0.4, 0.5) is 0 Å². The number of carbonyl (C=O) groups is 5. The molecule has 2 atom stereocenters. The van der Waals surface area contributed by atoms with E-state index in [0.29, 0.717) is 0 Å². The van der Waals surface area contributed by atoms with E-state index in [0.717, 1.165) is 0 Å². The van der Waals surface area contributed by atoms with Crippen molar-refractivity contribution in [2.24, 2.45) is 5.73 Å². The number of thiol groups is 2. The van der Waals surface area contributed by atoms with E-state index in [1.54, 1.807) is 0 Å². The van der Waals surface area contributed by atoms with Crippen LogP contribution in [-0.4, -0.2) is 66.2 Å². The van der Waals surface area contributed by atoms with Gasteiger partial charge in [-0.25, -0.2) is 0 Å². The Kier molecular flexibility index (Phi) is 10.6. The van der Waals surface area contributed by atoms with E-state index in [-0.39, 0.29) is 18.1 Å². The van der Waals surface area contributed by atoms with Gasteiger partial charge in [-0.2, -0.15) is 25.3 Å². The number of primary amides is 1. The van der Waals surface area contributed by atoms with Gasteiger partial charge in [-0.3, -0.25) is 24.0 Å². The Bertz CT molecular complexity index is 502. The van der Waals surface area contributed by atoms with E-state index in [9.17, 15) is 24.0 Å². The molecule has 0 aliphatic rings. The molecule has 0 saturated heterocycles. The van der Waals surface area contributed by atoms with Gasteiger partial charge in [0.1, 0.15) is 12.1 Å². The van der Waals surface area contributed by atoms with E-state index in [1.165, 1.54) is 6.92 Å². The van der Waals surface area contributed by atoms with Crippen molar-refractivity contribution < 1.29 is 24.0 Å². The van der Waals surface area contributed by atoms with Gasteiger partial charge < -0.3 is 27.0 Å². The number of hydrogen-bond donors (Lipinski definition) is 7. The number of nitrogens with two attached hydrogens (primary N) is 1. The fraction of sp³-hybridized carbons (Fsp3) is 0.583. The van der Waals surface area contributed by atoms with Crippen LogP contribution in [0, 0.1) is 0 Å². The summed E-state index contributed by atoms with van der Waals surface area (Å²) in [5, 5.41) is 9.21. The first-order chi connectivity index (χ1) is 11.2. The second-order valence-electron chi connectivity index (χ2n) is 4.64. The molecule has 0 radical (unpaired) electrons. The summed E-state index contributed by atoms with van der Waals surface area (Å²) in [4.78, 5) is 56.6. The first-order valence-electron chi connectivity index (χ1n) is 6.83. The Morgan fingerprint density at radius 3 is 1.88 bits per heavy atom. The molecule has 136 valence electrons. The Labute approximate surface area is 149 Å². The average Bonchev–Trinajstić information content (AvgIpc) is 2.52. The molecule has 0 aromatic heterocycles. The minimum atomic E-state index is -0.939. The lowest BCUT2D eigenvalue weighted by Gasteiger charge is -2.15. The zero-order valence-electron chi connectivity index (χ0n) is 13.0. The van der Waals surface area contributed by atoms with Crippen molar-refractivity contribution in [3.8, 4) is 0 Å². The van der Waals surface area contributed by atoms with Gasteiger partial charge >= 0.3 is 0 Å². The number of carbonyl (C=O) groups excluding carboxylic acids is 5. The van der Waals surface area contributed by atoms with Crippen molar-refractivity contribution in [3.63, 3.8) is 0 Å². The summed E-state index contributed by atoms with van der Waals surface area (Å²) < 4.78 is 0. The molecule has 0 aliphatic heterocycles. The maximum Gasteiger partial charge on any atom is 0.243 e. The molecule has 0 bridgehead atoms. The Balaban J connectivity index is 4.18. The van der Waals surface area contributed by atoms with E-state index >= 15 is 0 Å². The molecule has 6 N–H and O–H groups in total. The van der Waals surface area contributed by atoms with Crippen LogP contribution in [0.25, 0.3) is 0 Å². The van der Waals surface area contributed by atoms with Gasteiger partial charge in [-0.05, 0) is 0 Å². The first kappa shape index (κ1) is 22.1. The summed E-state index contributed by atoms with van der Waals surface area (Å²) >= 11 is 7.79. The van der Waals surface area contributed by atoms with Gasteiger partial charge in [0.25, 0.3) is 0 Å². The lowest BCUT2D eigenvalue weighted by molar-refractivity contribution is -0.130. The standard InChI is InChI=1S/C12H21N5O5S2/c1-6(18)16-8(5-24)12(22)15-2-9(19)14-3-10(20)17-7(4-23)11(13)21/h7-8,23-24H,2-5H2,1H3,(H2,13,21)(H,14,19)(H,15,22)(H,16,18)(H,17,20)/t7-,8-/m0/s1. The van der Waals surface area contributed by atoms with Gasteiger partial charge in [0.05, 0.1) is 13.1 Å². The minimum Gasteiger partial charge on any atom is -0.368 e. The highest BCUT2D eigenvalue weighted by molar-refractivity contribution is 7.80. The zero-order valence-corrected chi connectivity index (χ0v) is 14.8. The molecule has 0 heterocycles. The molecule has 0 aromatic rings. The molecular weight excluding hydrogens is 358 g/mol. The highest BCUT2D eigenvalue weighted by Crippen LogP contribution is 1.89. The van der Waals surface area contributed by atoms with Crippen LogP contribution in [0.2, 0.25) is 0 Å². The van der Waals surface area contributed by atoms with Crippen molar-refractivity contribution >= 4 is 54.8 Å². The lowest BCUT2D eigenvalue weighted by Crippen LogP contribution is -2.51. The monoisotopic (exact) mass is 379 g/mol. The Hall–Kier alpha value is -1.95. The minimum absolute atomic E-state index is 0.0271. The molecule has 0 aliphatic carbocycles. The third-order valence-electron chi connectivity index (χ3n) is 2.61. The third-order valence-corrected chi connectivity index (χ3v) is 3.34. The van der Waals surface area contributed by atoms with E-state index in [1.807, 2.05) is 0 Å². The van der Waals surface area contributed by atoms with Crippen LogP contribution < -0.4 is 27.0 Å². The van der Waals surface area contributed by atoms with Crippen molar-refractivity contribution in [3.05, 3.63) is 0 Å². The zero-order chi connectivity index (χ0) is 18.7. The SMILES string of the molecule is CC(=O)N[C@@H](CS)C(=O)NCC(=O)NCC(=O)N[C@@H](CS)C(N)=O. The summed E-state index contributed by atoms with van der Waals surface area (Å²) in [5.41, 5.74) is 5.03. The number of rotatable bonds is 10. The summed E-state index contributed by atoms with van der Waals surface area (Å²) in [7, 11) is 0. The normalized spacial score (nSPS) is 12.5. The quantitative estimate of drug-likeness (QED) is 0.196. The smallest absolute Gasteiger partial charge is 0.243 e. The van der Waals surface area contributed by atoms with E-state index in [4.69, 9.17) is 5.73 Å². The fourth-order valence-electron chi connectivity index (χ4n) is 1.42. The molecular formula is C12H21N5O5S2. The molecule has 12 heteroatoms. The molecule has 0 aromatic carbocycles. The van der Waals surface area contributed by atoms with Crippen molar-refractivity contribution in [1.82, 2.24) is 21.3 Å². The van der Waals surface area contributed by atoms with E-state index in [2.05, 4.69) is 46.5 Å². The van der Waals surface area contributed by atoms with Crippen molar-refractivity contribution in [1.29, 1.82) is 0 Å². The molecule has 5 amide bonds. The highest BCUT2D eigenvalue weighted by atomic mass is 32.1. The summed E-state index contributed by atoms with van der Waals surface area (Å²) in [5.74, 6) is -2.89. The lowest BCUT2D eigenvalue weighted by atomic mass is 10.3. The number of hydrogen-bond acceptors (Lipinski definition) is 7. The van der Waals surface area contributed by atoms with Crippen LogP contribution in [0.3, 0.4) is 0 Å². The predicted molar refractivity (Wildman–Crippen MR) is 92.5 cm³/mol. The van der Waals surface area contributed by atoms with Crippen molar-refractivity contribution in [2.75, 3.05) is 24.6 Å². The van der Waals surface area contributed by atoms with Crippen LogP contribution in [0.5, 0.6) is 0 Å². The highest BCUT2D eigenvalue weighted by Gasteiger charge is 2.19. The molecule has 0 saturated carbocycles. The van der Waals surface area contributed by atoms with Gasteiger partial charge in [-0.1, -0.05) is 0 Å². The maximum absolute atomic E-state index is 11.7. The number of nitrogens with one attached hydrogen (secondary N) is 4. The van der Waals surface area contributed by atoms with Gasteiger partial charge in [-0.15, -0.1) is 0 Å². The predicted octanol–water partition coefficient (Wildman–Crippen LogP) is -3.45. The summed E-state index contributed by atoms with van der Waals surface area (Å²) in [6.07, 6.45) is 0. The van der Waals surface area contributed by atoms with Gasteiger partial charge in [0, 0.05) is 18.4 Å². The largest absolute Gasteiger partial charge is 0.368 e. The third kappa shape index (κ3) is 9.25.